The van der Waals surface area contributed by atoms with Crippen LogP contribution in [0.15, 0.2) is 0 Å². The Bertz CT molecular complexity index is 568. The number of carbonyl (C=O) groups excluding carboxylic acids is 2. The molecule has 0 amide bonds. The first-order valence-corrected chi connectivity index (χ1v) is 6.13. The number of Topliss-reactive ketones (excluding diaryl/α,β-unsaturated/α-hetero) is 1. The van der Waals surface area contributed by atoms with Crippen molar-refractivity contribution in [3.8, 4) is 0 Å². The monoisotopic (exact) mass is 270 g/mol. The average molecular weight is 270 g/mol. The number of fused-ring (bicyclic) bond motifs is 3. The van der Waals surface area contributed by atoms with Crippen molar-refractivity contribution in [3.63, 3.8) is 0 Å². The molecule has 0 aliphatic heterocycles. The number of carbonyl (C=O) groups is 2. The fraction of sp³-hybridized carbons (Fsp3) is 0.583. The number of hydrogen-bond acceptors (Lipinski definition) is 4. The quantitative estimate of drug-likeness (QED) is 0.781. The van der Waals surface area contributed by atoms with Gasteiger partial charge < -0.3 is 4.74 Å². The lowest BCUT2D eigenvalue weighted by atomic mass is 10.1. The molecule has 0 spiro atoms. The second-order valence-corrected chi connectivity index (χ2v) is 4.72. The molecule has 0 unspecified atom stereocenters. The maximum atomic E-state index is 12.9. The van der Waals surface area contributed by atoms with Crippen molar-refractivity contribution in [2.24, 2.45) is 5.92 Å². The zero-order valence-electron chi connectivity index (χ0n) is 10.2. The van der Waals surface area contributed by atoms with Gasteiger partial charge in [0.25, 0.3) is 6.43 Å². The summed E-state index contributed by atoms with van der Waals surface area (Å²) in [6.45, 7) is 1.55. The van der Waals surface area contributed by atoms with Gasteiger partial charge in [0.15, 0.2) is 5.78 Å². The predicted octanol–water partition coefficient (Wildman–Crippen LogP) is 1.68. The van der Waals surface area contributed by atoms with E-state index in [1.807, 2.05) is 0 Å². The van der Waals surface area contributed by atoms with Crippen LogP contribution in [-0.4, -0.2) is 28.1 Å². The highest BCUT2D eigenvalue weighted by Gasteiger charge is 2.56. The van der Waals surface area contributed by atoms with Crippen LogP contribution in [0.2, 0.25) is 0 Å². The number of esters is 1. The Labute approximate surface area is 107 Å². The van der Waals surface area contributed by atoms with E-state index in [4.69, 9.17) is 4.74 Å². The predicted molar refractivity (Wildman–Crippen MR) is 59.0 cm³/mol. The van der Waals surface area contributed by atoms with E-state index in [-0.39, 0.29) is 42.2 Å². The minimum Gasteiger partial charge on any atom is -0.465 e. The summed E-state index contributed by atoms with van der Waals surface area (Å²) in [6, 6.07) is 0. The van der Waals surface area contributed by atoms with Gasteiger partial charge in [0.1, 0.15) is 17.9 Å². The van der Waals surface area contributed by atoms with E-state index in [1.165, 1.54) is 0 Å². The number of rotatable bonds is 4. The van der Waals surface area contributed by atoms with Gasteiger partial charge in [-0.2, -0.15) is 5.10 Å². The van der Waals surface area contributed by atoms with Gasteiger partial charge in [0.05, 0.1) is 6.61 Å². The van der Waals surface area contributed by atoms with Crippen molar-refractivity contribution in [1.82, 2.24) is 9.78 Å². The fourth-order valence-electron chi connectivity index (χ4n) is 2.70. The number of halogens is 2. The number of nitrogens with zero attached hydrogens (tertiary/aromatic N) is 2. The van der Waals surface area contributed by atoms with Crippen LogP contribution >= 0.6 is 0 Å². The van der Waals surface area contributed by atoms with Gasteiger partial charge in [-0.15, -0.1) is 0 Å². The highest BCUT2D eigenvalue weighted by atomic mass is 19.3. The van der Waals surface area contributed by atoms with Crippen LogP contribution in [0.1, 0.15) is 47.4 Å². The molecule has 1 heterocycles. The Morgan fingerprint density at radius 2 is 2.26 bits per heavy atom. The third-order valence-corrected chi connectivity index (χ3v) is 3.54. The van der Waals surface area contributed by atoms with Gasteiger partial charge in [-0.1, -0.05) is 0 Å². The molecule has 5 nitrogen and oxygen atoms in total. The SMILES string of the molecule is CCOC(=O)Cn1nc(C(F)F)c2c1C(=O)[C@H]1C[C@@H]21. The van der Waals surface area contributed by atoms with E-state index in [2.05, 4.69) is 5.10 Å². The van der Waals surface area contributed by atoms with Crippen molar-refractivity contribution in [2.75, 3.05) is 6.61 Å². The van der Waals surface area contributed by atoms with Crippen molar-refractivity contribution >= 4 is 11.8 Å². The first-order valence-electron chi connectivity index (χ1n) is 6.13. The maximum Gasteiger partial charge on any atom is 0.327 e. The summed E-state index contributed by atoms with van der Waals surface area (Å²) in [6.07, 6.45) is -2.11. The Morgan fingerprint density at radius 1 is 1.53 bits per heavy atom. The lowest BCUT2D eigenvalue weighted by molar-refractivity contribution is -0.144. The lowest BCUT2D eigenvalue weighted by Crippen LogP contribution is -2.18. The summed E-state index contributed by atoms with van der Waals surface area (Å²) < 4.78 is 31.7. The van der Waals surface area contributed by atoms with Gasteiger partial charge in [-0.3, -0.25) is 9.59 Å². The second kappa shape index (κ2) is 4.11. The number of alkyl halides is 2. The molecule has 0 bridgehead atoms. The topological polar surface area (TPSA) is 61.2 Å². The van der Waals surface area contributed by atoms with Gasteiger partial charge in [0.2, 0.25) is 0 Å². The molecular weight excluding hydrogens is 258 g/mol. The Hall–Kier alpha value is -1.79. The molecule has 2 atom stereocenters. The van der Waals surface area contributed by atoms with Crippen molar-refractivity contribution < 1.29 is 23.1 Å². The van der Waals surface area contributed by atoms with Crippen molar-refractivity contribution in [1.29, 1.82) is 0 Å². The molecule has 1 fully saturated rings. The molecule has 2 aliphatic rings. The molecule has 7 heteroatoms. The zero-order chi connectivity index (χ0) is 13.7. The highest BCUT2D eigenvalue weighted by Crippen LogP contribution is 2.58. The summed E-state index contributed by atoms with van der Waals surface area (Å²) in [7, 11) is 0. The number of aromatic nitrogens is 2. The Morgan fingerprint density at radius 3 is 2.89 bits per heavy atom. The number of ketones is 1. The van der Waals surface area contributed by atoms with Crippen LogP contribution in [0.4, 0.5) is 8.78 Å². The molecule has 0 saturated heterocycles. The normalized spacial score (nSPS) is 23.5. The van der Waals surface area contributed by atoms with Crippen LogP contribution in [0, 0.1) is 5.92 Å². The average Bonchev–Trinajstić information content (AvgIpc) is 2.96. The summed E-state index contributed by atoms with van der Waals surface area (Å²) in [5, 5.41) is 3.73. The summed E-state index contributed by atoms with van der Waals surface area (Å²) in [5.74, 6) is -1.06. The van der Waals surface area contributed by atoms with E-state index >= 15 is 0 Å². The maximum absolute atomic E-state index is 12.9. The molecule has 3 rings (SSSR count). The Kier molecular flexibility index (Phi) is 2.65. The van der Waals surface area contributed by atoms with Crippen LogP contribution < -0.4 is 0 Å². The van der Waals surface area contributed by atoms with Crippen molar-refractivity contribution in [3.05, 3.63) is 17.0 Å². The van der Waals surface area contributed by atoms with E-state index in [0.717, 1.165) is 4.68 Å². The fourth-order valence-corrected chi connectivity index (χ4v) is 2.70. The second-order valence-electron chi connectivity index (χ2n) is 4.72. The van der Waals surface area contributed by atoms with E-state index in [9.17, 15) is 18.4 Å². The van der Waals surface area contributed by atoms with Crippen LogP contribution in [0.5, 0.6) is 0 Å². The zero-order valence-corrected chi connectivity index (χ0v) is 10.2. The summed E-state index contributed by atoms with van der Waals surface area (Å²) in [5.41, 5.74) is 0.150. The molecule has 1 aromatic rings. The first-order chi connectivity index (χ1) is 9.04. The third kappa shape index (κ3) is 1.75. The summed E-state index contributed by atoms with van der Waals surface area (Å²) in [4.78, 5) is 23.4. The van der Waals surface area contributed by atoms with Gasteiger partial charge in [-0.25, -0.2) is 13.5 Å². The largest absolute Gasteiger partial charge is 0.465 e. The smallest absolute Gasteiger partial charge is 0.327 e. The molecule has 19 heavy (non-hydrogen) atoms. The summed E-state index contributed by atoms with van der Waals surface area (Å²) >= 11 is 0. The molecule has 1 saturated carbocycles. The molecule has 0 aromatic carbocycles. The minimum atomic E-state index is -2.73. The van der Waals surface area contributed by atoms with Gasteiger partial charge in [-0.05, 0) is 19.3 Å². The van der Waals surface area contributed by atoms with E-state index < -0.39 is 12.4 Å². The van der Waals surface area contributed by atoms with E-state index in [1.54, 1.807) is 6.92 Å². The molecule has 0 radical (unpaired) electrons. The molecule has 0 N–H and O–H groups in total. The molecule has 1 aromatic heterocycles. The first kappa shape index (κ1) is 12.3. The molecular formula is C12H12F2N2O3. The number of ether oxygens (including phenoxy) is 1. The van der Waals surface area contributed by atoms with Crippen molar-refractivity contribution in [2.45, 2.75) is 32.2 Å². The van der Waals surface area contributed by atoms with Gasteiger partial charge in [0, 0.05) is 11.5 Å². The van der Waals surface area contributed by atoms with Crippen LogP contribution in [0.25, 0.3) is 0 Å². The molecule has 102 valence electrons. The lowest BCUT2D eigenvalue weighted by Gasteiger charge is -2.05. The van der Waals surface area contributed by atoms with Crippen LogP contribution in [0.3, 0.4) is 0 Å². The minimum absolute atomic E-state index is 0.123. The highest BCUT2D eigenvalue weighted by molar-refractivity contribution is 6.05. The standard InChI is InChI=1S/C12H12F2N2O3/c1-2-19-7(17)4-16-10-8(9(15-16)12(13)14)5-3-6(5)11(10)18/h5-6,12H,2-4H2,1H3/t5-,6+/m1/s1. The Balaban J connectivity index is 1.98. The third-order valence-electron chi connectivity index (χ3n) is 3.54. The van der Waals surface area contributed by atoms with Gasteiger partial charge >= 0.3 is 5.97 Å². The molecule has 2 aliphatic carbocycles. The number of hydrogen-bond donors (Lipinski definition) is 0. The van der Waals surface area contributed by atoms with Crippen LogP contribution in [-0.2, 0) is 16.1 Å². The van der Waals surface area contributed by atoms with E-state index in [0.29, 0.717) is 12.0 Å².